The van der Waals surface area contributed by atoms with Crippen molar-refractivity contribution >= 4 is 45.2 Å². The predicted octanol–water partition coefficient (Wildman–Crippen LogP) is 2.96. The van der Waals surface area contributed by atoms with Crippen LogP contribution in [-0.2, 0) is 9.53 Å². The first-order valence-corrected chi connectivity index (χ1v) is 10.2. The monoisotopic (exact) mass is 474 g/mol. The van der Waals surface area contributed by atoms with Gasteiger partial charge in [-0.2, -0.15) is 0 Å². The van der Waals surface area contributed by atoms with Crippen LogP contribution >= 0.6 is 39.2 Å². The number of aryl methyl sites for hydroxylation is 1. The van der Waals surface area contributed by atoms with E-state index in [1.807, 2.05) is 31.2 Å². The number of hydrogen-bond donors (Lipinski definition) is 4. The molecule has 0 atom stereocenters. The standard InChI is InChI=1S/C10H15BrN4O2S2.C7H8O/c1-17-9(16)6-15(13)5-7(12)4-14-19-10-3-2-8(11)18-10;1-6-2-4-7(8)5-3-6/h2-3,5,14H,4,6,12-13H2,1H3;2-5,8H,1H3/b7-5-;. The van der Waals surface area contributed by atoms with Crippen LogP contribution in [0.3, 0.4) is 0 Å². The molecule has 0 fully saturated rings. The minimum atomic E-state index is -0.419. The van der Waals surface area contributed by atoms with Crippen LogP contribution in [0.25, 0.3) is 0 Å². The Morgan fingerprint density at radius 3 is 2.56 bits per heavy atom. The lowest BCUT2D eigenvalue weighted by molar-refractivity contribution is -0.141. The Morgan fingerprint density at radius 1 is 1.37 bits per heavy atom. The van der Waals surface area contributed by atoms with Gasteiger partial charge in [-0.05, 0) is 59.1 Å². The minimum absolute atomic E-state index is 0.0395. The van der Waals surface area contributed by atoms with Crippen LogP contribution in [0.15, 0.2) is 56.3 Å². The van der Waals surface area contributed by atoms with Gasteiger partial charge in [-0.3, -0.25) is 9.52 Å². The topological polar surface area (TPSA) is 114 Å². The molecule has 6 N–H and O–H groups in total. The zero-order valence-corrected chi connectivity index (χ0v) is 18.2. The highest BCUT2D eigenvalue weighted by Gasteiger charge is 2.04. The molecule has 0 bridgehead atoms. The summed E-state index contributed by atoms with van der Waals surface area (Å²) in [5, 5.41) is 9.95. The molecule has 0 saturated carbocycles. The number of halogens is 1. The maximum atomic E-state index is 11.0. The van der Waals surface area contributed by atoms with Gasteiger partial charge in [0.15, 0.2) is 0 Å². The Morgan fingerprint density at radius 2 is 2.04 bits per heavy atom. The van der Waals surface area contributed by atoms with Crippen molar-refractivity contribution in [1.29, 1.82) is 0 Å². The van der Waals surface area contributed by atoms with Gasteiger partial charge in [0.05, 0.1) is 15.1 Å². The van der Waals surface area contributed by atoms with E-state index >= 15 is 0 Å². The summed E-state index contributed by atoms with van der Waals surface area (Å²) < 4.78 is 9.79. The summed E-state index contributed by atoms with van der Waals surface area (Å²) in [6, 6.07) is 11.1. The number of ether oxygens (including phenoxy) is 1. The highest BCUT2D eigenvalue weighted by molar-refractivity contribution is 9.11. The van der Waals surface area contributed by atoms with Crippen LogP contribution in [0, 0.1) is 6.92 Å². The van der Waals surface area contributed by atoms with Crippen LogP contribution in [0.1, 0.15) is 5.56 Å². The number of carbonyl (C=O) groups is 1. The van der Waals surface area contributed by atoms with Crippen molar-refractivity contribution in [3.63, 3.8) is 0 Å². The molecule has 2 rings (SSSR count). The summed E-state index contributed by atoms with van der Waals surface area (Å²) in [6.45, 7) is 2.40. The third-order valence-corrected chi connectivity index (χ3v) is 5.45. The second kappa shape index (κ2) is 12.6. The number of phenolic OH excluding ortho intramolecular Hbond substituents is 1. The molecule has 7 nitrogen and oxygen atoms in total. The van der Waals surface area contributed by atoms with Crippen molar-refractivity contribution in [2.75, 3.05) is 20.2 Å². The zero-order valence-electron chi connectivity index (χ0n) is 15.0. The molecule has 0 aliphatic rings. The second-order valence-electron chi connectivity index (χ2n) is 5.27. The van der Waals surface area contributed by atoms with Crippen molar-refractivity contribution in [1.82, 2.24) is 9.73 Å². The van der Waals surface area contributed by atoms with Gasteiger partial charge >= 0.3 is 5.97 Å². The summed E-state index contributed by atoms with van der Waals surface area (Å²) in [5.74, 6) is 5.48. The zero-order chi connectivity index (χ0) is 20.2. The molecule has 1 heterocycles. The summed E-state index contributed by atoms with van der Waals surface area (Å²) in [5.41, 5.74) is 7.46. The van der Waals surface area contributed by atoms with Crippen LogP contribution < -0.4 is 16.3 Å². The first kappa shape index (κ1) is 23.3. The Kier molecular flexibility index (Phi) is 10.9. The Bertz CT molecular complexity index is 717. The third kappa shape index (κ3) is 10.9. The molecule has 0 radical (unpaired) electrons. The molecule has 2 aromatic rings. The van der Waals surface area contributed by atoms with Crippen molar-refractivity contribution in [3.8, 4) is 5.75 Å². The number of hydrazine groups is 1. The van der Waals surface area contributed by atoms with Crippen LogP contribution in [0.4, 0.5) is 0 Å². The number of benzene rings is 1. The van der Waals surface area contributed by atoms with Gasteiger partial charge in [-0.15, -0.1) is 11.3 Å². The molecule has 0 spiro atoms. The van der Waals surface area contributed by atoms with Crippen LogP contribution in [0.5, 0.6) is 5.75 Å². The highest BCUT2D eigenvalue weighted by Crippen LogP contribution is 2.28. The average Bonchev–Trinajstić information content (AvgIpc) is 3.03. The molecule has 0 aliphatic carbocycles. The number of nitrogens with two attached hydrogens (primary N) is 2. The van der Waals surface area contributed by atoms with E-state index in [9.17, 15) is 4.79 Å². The fourth-order valence-electron chi connectivity index (χ4n) is 1.61. The summed E-state index contributed by atoms with van der Waals surface area (Å²) in [6.07, 6.45) is 1.49. The van der Waals surface area contributed by atoms with Crippen LogP contribution in [-0.4, -0.2) is 36.3 Å². The van der Waals surface area contributed by atoms with Crippen molar-refractivity contribution in [2.24, 2.45) is 11.6 Å². The van der Waals surface area contributed by atoms with E-state index in [1.54, 1.807) is 23.5 Å². The van der Waals surface area contributed by atoms with Gasteiger partial charge in [-0.1, -0.05) is 17.7 Å². The number of thiophene rings is 1. The van der Waals surface area contributed by atoms with E-state index < -0.39 is 5.97 Å². The normalized spacial score (nSPS) is 10.7. The molecular formula is C17H23BrN4O3S2. The lowest BCUT2D eigenvalue weighted by Gasteiger charge is -2.13. The molecule has 0 unspecified atom stereocenters. The van der Waals surface area contributed by atoms with Gasteiger partial charge in [0, 0.05) is 18.4 Å². The number of methoxy groups -OCH3 is 1. The van der Waals surface area contributed by atoms with Crippen molar-refractivity contribution in [2.45, 2.75) is 11.1 Å². The maximum absolute atomic E-state index is 11.0. The number of carbonyl (C=O) groups excluding carboxylic acids is 1. The average molecular weight is 475 g/mol. The number of rotatable bonds is 7. The predicted molar refractivity (Wildman–Crippen MR) is 114 cm³/mol. The molecule has 10 heteroatoms. The van der Waals surface area contributed by atoms with Gasteiger partial charge in [0.25, 0.3) is 0 Å². The summed E-state index contributed by atoms with van der Waals surface area (Å²) in [7, 11) is 1.31. The molecule has 0 amide bonds. The van der Waals surface area contributed by atoms with Crippen molar-refractivity contribution in [3.05, 3.63) is 57.6 Å². The number of nitrogens with one attached hydrogen (secondary N) is 1. The van der Waals surface area contributed by atoms with Crippen LogP contribution in [0.2, 0.25) is 0 Å². The van der Waals surface area contributed by atoms with Gasteiger partial charge < -0.3 is 20.6 Å². The Hall–Kier alpha value is -1.72. The van der Waals surface area contributed by atoms with E-state index in [1.165, 1.54) is 35.8 Å². The molecule has 148 valence electrons. The fraction of sp³-hybridized carbons (Fsp3) is 0.235. The SMILES string of the molecule is COC(=O)CN(N)/C=C(\N)CNSc1ccc(Br)s1.Cc1ccc(O)cc1. The van der Waals surface area contributed by atoms with Crippen molar-refractivity contribution < 1.29 is 14.6 Å². The fourth-order valence-corrected chi connectivity index (χ4v) is 4.18. The first-order chi connectivity index (χ1) is 12.8. The smallest absolute Gasteiger partial charge is 0.326 e. The van der Waals surface area contributed by atoms with E-state index in [0.29, 0.717) is 18.0 Å². The quantitative estimate of drug-likeness (QED) is 0.209. The van der Waals surface area contributed by atoms with E-state index in [-0.39, 0.29) is 6.54 Å². The lowest BCUT2D eigenvalue weighted by Crippen LogP contribution is -2.33. The lowest BCUT2D eigenvalue weighted by atomic mass is 10.2. The molecule has 0 aliphatic heterocycles. The first-order valence-electron chi connectivity index (χ1n) is 7.75. The van der Waals surface area contributed by atoms with E-state index in [2.05, 4.69) is 25.4 Å². The van der Waals surface area contributed by atoms with Gasteiger partial charge in [0.1, 0.15) is 12.3 Å². The third-order valence-electron chi connectivity index (χ3n) is 2.90. The number of aromatic hydroxyl groups is 1. The Balaban J connectivity index is 0.000000377. The number of hydrogen-bond acceptors (Lipinski definition) is 9. The number of phenols is 1. The highest BCUT2D eigenvalue weighted by atomic mass is 79.9. The minimum Gasteiger partial charge on any atom is -0.508 e. The summed E-state index contributed by atoms with van der Waals surface area (Å²) >= 11 is 6.50. The van der Waals surface area contributed by atoms with E-state index in [0.717, 1.165) is 8.00 Å². The molecule has 1 aromatic heterocycles. The largest absolute Gasteiger partial charge is 0.508 e. The van der Waals surface area contributed by atoms with E-state index in [4.69, 9.17) is 16.7 Å². The van der Waals surface area contributed by atoms with Gasteiger partial charge in [-0.25, -0.2) is 5.84 Å². The molecule has 27 heavy (non-hydrogen) atoms. The molecule has 1 aromatic carbocycles. The Labute approximate surface area is 175 Å². The number of esters is 1. The van der Waals surface area contributed by atoms with Gasteiger partial charge in [0.2, 0.25) is 0 Å². The maximum Gasteiger partial charge on any atom is 0.326 e. The second-order valence-corrected chi connectivity index (χ2v) is 8.92. The molecule has 0 saturated heterocycles. The molecular weight excluding hydrogens is 452 g/mol. The number of nitrogens with zero attached hydrogens (tertiary/aromatic N) is 1. The summed E-state index contributed by atoms with van der Waals surface area (Å²) in [4.78, 5) is 11.0.